The van der Waals surface area contributed by atoms with Crippen LogP contribution in [0.1, 0.15) is 17.5 Å². The summed E-state index contributed by atoms with van der Waals surface area (Å²) in [5.74, 6) is 1.58. The maximum atomic E-state index is 11.6. The van der Waals surface area contributed by atoms with Crippen molar-refractivity contribution in [2.24, 2.45) is 5.92 Å². The van der Waals surface area contributed by atoms with Gasteiger partial charge in [-0.3, -0.25) is 5.21 Å². The Labute approximate surface area is 153 Å². The zero-order chi connectivity index (χ0) is 18.5. The van der Waals surface area contributed by atoms with Crippen molar-refractivity contribution in [1.82, 2.24) is 5.06 Å². The first-order valence-corrected chi connectivity index (χ1v) is 8.63. The van der Waals surface area contributed by atoms with Crippen molar-refractivity contribution in [3.8, 4) is 11.5 Å². The van der Waals surface area contributed by atoms with Crippen molar-refractivity contribution in [2.75, 3.05) is 7.11 Å². The van der Waals surface area contributed by atoms with E-state index in [4.69, 9.17) is 4.74 Å². The highest BCUT2D eigenvalue weighted by Crippen LogP contribution is 2.29. The molecular weight excluding hydrogens is 330 g/mol. The van der Waals surface area contributed by atoms with Crippen molar-refractivity contribution < 1.29 is 19.5 Å². The smallest absolute Gasteiger partial charge is 0.433 e. The van der Waals surface area contributed by atoms with Crippen LogP contribution < -0.4 is 4.74 Å². The van der Waals surface area contributed by atoms with Crippen LogP contribution in [0.3, 0.4) is 0 Å². The lowest BCUT2D eigenvalue weighted by Crippen LogP contribution is -2.40. The van der Waals surface area contributed by atoms with Gasteiger partial charge < -0.3 is 9.47 Å². The number of aryl methyl sites for hydroxylation is 1. The van der Waals surface area contributed by atoms with E-state index in [2.05, 4.69) is 4.74 Å². The minimum atomic E-state index is -0.736. The highest BCUT2D eigenvalue weighted by molar-refractivity contribution is 5.66. The Morgan fingerprint density at radius 1 is 1.19 bits per heavy atom. The Hall–Kier alpha value is -2.79. The molecule has 26 heavy (non-hydrogen) atoms. The molecule has 3 rings (SSSR count). The molecule has 0 aliphatic heterocycles. The van der Waals surface area contributed by atoms with Crippen LogP contribution in [0.15, 0.2) is 60.7 Å². The minimum absolute atomic E-state index is 0.0216. The van der Waals surface area contributed by atoms with E-state index in [0.29, 0.717) is 17.9 Å². The second-order valence-electron chi connectivity index (χ2n) is 6.48. The van der Waals surface area contributed by atoms with Gasteiger partial charge in [0.25, 0.3) is 0 Å². The molecule has 2 aromatic carbocycles. The van der Waals surface area contributed by atoms with Gasteiger partial charge in [-0.05, 0) is 55.2 Å². The van der Waals surface area contributed by atoms with Gasteiger partial charge in [-0.2, -0.15) is 5.06 Å². The summed E-state index contributed by atoms with van der Waals surface area (Å²) in [6, 6.07) is 15.5. The van der Waals surface area contributed by atoms with Gasteiger partial charge in [-0.1, -0.05) is 36.4 Å². The average Bonchev–Trinajstić information content (AvgIpc) is 3.08. The lowest BCUT2D eigenvalue weighted by molar-refractivity contribution is -0.107. The third-order valence-corrected chi connectivity index (χ3v) is 4.53. The SMILES string of the molecule is COC(=O)N(O)[C@@H]1CC=C[C@H]1Cc1cccc(Oc2cccc(C)c2)c1. The van der Waals surface area contributed by atoms with Crippen molar-refractivity contribution in [1.29, 1.82) is 0 Å². The zero-order valence-electron chi connectivity index (χ0n) is 15.0. The number of benzene rings is 2. The van der Waals surface area contributed by atoms with E-state index in [1.54, 1.807) is 0 Å². The lowest BCUT2D eigenvalue weighted by Gasteiger charge is -2.26. The highest BCUT2D eigenvalue weighted by atomic mass is 16.6. The van der Waals surface area contributed by atoms with Crippen LogP contribution in [-0.2, 0) is 11.2 Å². The van der Waals surface area contributed by atoms with Crippen molar-refractivity contribution in [3.63, 3.8) is 0 Å². The summed E-state index contributed by atoms with van der Waals surface area (Å²) < 4.78 is 10.5. The standard InChI is InChI=1S/C21H23NO4/c1-15-6-3-9-18(12-15)26-19-10-4-7-16(14-19)13-17-8-5-11-20(17)22(24)21(23)25-2/h3-10,12,14,17,20,24H,11,13H2,1-2H3/t17-,20+/m0/s1. The molecule has 136 valence electrons. The Morgan fingerprint density at radius 3 is 2.65 bits per heavy atom. The predicted octanol–water partition coefficient (Wildman–Crippen LogP) is 4.73. The van der Waals surface area contributed by atoms with Crippen LogP contribution in [0.5, 0.6) is 11.5 Å². The second kappa shape index (κ2) is 8.06. The number of rotatable bonds is 5. The van der Waals surface area contributed by atoms with Gasteiger partial charge in [-0.25, -0.2) is 4.79 Å². The van der Waals surface area contributed by atoms with Crippen LogP contribution in [0.25, 0.3) is 0 Å². The van der Waals surface area contributed by atoms with Gasteiger partial charge in [0.1, 0.15) is 11.5 Å². The van der Waals surface area contributed by atoms with E-state index in [1.807, 2.05) is 67.6 Å². The van der Waals surface area contributed by atoms with Crippen molar-refractivity contribution in [2.45, 2.75) is 25.8 Å². The summed E-state index contributed by atoms with van der Waals surface area (Å²) in [7, 11) is 1.26. The number of methoxy groups -OCH3 is 1. The number of hydrogen-bond acceptors (Lipinski definition) is 4. The molecule has 0 unspecified atom stereocenters. The summed E-state index contributed by atoms with van der Waals surface area (Å²) in [5, 5.41) is 10.7. The number of hydrogen-bond donors (Lipinski definition) is 1. The van der Waals surface area contributed by atoms with Crippen LogP contribution in [0.4, 0.5) is 4.79 Å². The average molecular weight is 353 g/mol. The van der Waals surface area contributed by atoms with Gasteiger partial charge in [0.05, 0.1) is 13.2 Å². The summed E-state index contributed by atoms with van der Waals surface area (Å²) >= 11 is 0. The Balaban J connectivity index is 1.70. The second-order valence-corrected chi connectivity index (χ2v) is 6.48. The number of nitrogens with zero attached hydrogens (tertiary/aromatic N) is 1. The summed E-state index contributed by atoms with van der Waals surface area (Å²) in [4.78, 5) is 11.6. The van der Waals surface area contributed by atoms with E-state index in [-0.39, 0.29) is 12.0 Å². The number of ether oxygens (including phenoxy) is 2. The molecule has 0 saturated heterocycles. The number of amides is 1. The van der Waals surface area contributed by atoms with E-state index < -0.39 is 6.09 Å². The molecule has 0 fully saturated rings. The molecule has 5 nitrogen and oxygen atoms in total. The fourth-order valence-corrected chi connectivity index (χ4v) is 3.23. The lowest BCUT2D eigenvalue weighted by atomic mass is 9.94. The van der Waals surface area contributed by atoms with Gasteiger partial charge in [0, 0.05) is 5.92 Å². The fourth-order valence-electron chi connectivity index (χ4n) is 3.23. The molecule has 1 N–H and O–H groups in total. The maximum absolute atomic E-state index is 11.6. The topological polar surface area (TPSA) is 59.0 Å². The van der Waals surface area contributed by atoms with Gasteiger partial charge in [0.2, 0.25) is 0 Å². The Kier molecular flexibility index (Phi) is 5.58. The fraction of sp³-hybridized carbons (Fsp3) is 0.286. The highest BCUT2D eigenvalue weighted by Gasteiger charge is 2.31. The Bertz CT molecular complexity index is 802. The molecule has 0 aromatic heterocycles. The molecule has 0 radical (unpaired) electrons. The minimum Gasteiger partial charge on any atom is -0.457 e. The van der Waals surface area contributed by atoms with Crippen LogP contribution >= 0.6 is 0 Å². The molecule has 1 aliphatic rings. The van der Waals surface area contributed by atoms with Crippen LogP contribution in [0, 0.1) is 12.8 Å². The Morgan fingerprint density at radius 2 is 1.92 bits per heavy atom. The third kappa shape index (κ3) is 4.24. The molecular formula is C21H23NO4. The van der Waals surface area contributed by atoms with Crippen LogP contribution in [0.2, 0.25) is 0 Å². The number of carbonyl (C=O) groups excluding carboxylic acids is 1. The van der Waals surface area contributed by atoms with Gasteiger partial charge in [-0.15, -0.1) is 0 Å². The summed E-state index contributed by atoms with van der Waals surface area (Å²) in [5.41, 5.74) is 2.22. The first-order chi connectivity index (χ1) is 12.6. The predicted molar refractivity (Wildman–Crippen MR) is 98.5 cm³/mol. The van der Waals surface area contributed by atoms with Crippen molar-refractivity contribution in [3.05, 3.63) is 71.8 Å². The monoisotopic (exact) mass is 353 g/mol. The van der Waals surface area contributed by atoms with E-state index in [9.17, 15) is 10.0 Å². The summed E-state index contributed by atoms with van der Waals surface area (Å²) in [6.45, 7) is 2.03. The van der Waals surface area contributed by atoms with E-state index >= 15 is 0 Å². The van der Waals surface area contributed by atoms with Crippen molar-refractivity contribution >= 4 is 6.09 Å². The molecule has 1 aliphatic carbocycles. The molecule has 0 bridgehead atoms. The number of carbonyl (C=O) groups is 1. The number of hydroxylamine groups is 2. The largest absolute Gasteiger partial charge is 0.457 e. The zero-order valence-corrected chi connectivity index (χ0v) is 15.0. The van der Waals surface area contributed by atoms with Gasteiger partial charge >= 0.3 is 6.09 Å². The maximum Gasteiger partial charge on any atom is 0.433 e. The first kappa shape index (κ1) is 18.0. The third-order valence-electron chi connectivity index (χ3n) is 4.53. The van der Waals surface area contributed by atoms with Gasteiger partial charge in [0.15, 0.2) is 0 Å². The molecule has 2 atom stereocenters. The quantitative estimate of drug-likeness (QED) is 0.479. The molecule has 5 heteroatoms. The van der Waals surface area contributed by atoms with E-state index in [1.165, 1.54) is 7.11 Å². The normalized spacial score (nSPS) is 18.6. The molecule has 1 amide bonds. The first-order valence-electron chi connectivity index (χ1n) is 8.63. The molecule has 0 saturated carbocycles. The molecule has 2 aromatic rings. The van der Waals surface area contributed by atoms with E-state index in [0.717, 1.165) is 22.6 Å². The molecule has 0 heterocycles. The summed E-state index contributed by atoms with van der Waals surface area (Å²) in [6.07, 6.45) is 4.58. The molecule has 0 spiro atoms. The van der Waals surface area contributed by atoms with Crippen LogP contribution in [-0.4, -0.2) is 29.5 Å².